The molecular formula is C20H24N2O2S. The smallest absolute Gasteiger partial charge is 0.243 e. The Bertz CT molecular complexity index is 834. The Balaban J connectivity index is 1.75. The van der Waals surface area contributed by atoms with Gasteiger partial charge in [-0.05, 0) is 49.6 Å². The summed E-state index contributed by atoms with van der Waals surface area (Å²) in [6.45, 7) is 3.28. The summed E-state index contributed by atoms with van der Waals surface area (Å²) >= 11 is 0. The van der Waals surface area contributed by atoms with Crippen molar-refractivity contribution in [2.24, 2.45) is 4.99 Å². The highest BCUT2D eigenvalue weighted by Crippen LogP contribution is 2.22. The van der Waals surface area contributed by atoms with Crippen LogP contribution in [0.3, 0.4) is 0 Å². The topological polar surface area (TPSA) is 49.7 Å². The molecule has 3 rings (SSSR count). The van der Waals surface area contributed by atoms with Crippen LogP contribution in [0.5, 0.6) is 0 Å². The average Bonchev–Trinajstić information content (AvgIpc) is 2.90. The number of benzene rings is 2. The molecule has 0 unspecified atom stereocenters. The zero-order valence-electron chi connectivity index (χ0n) is 14.6. The molecule has 0 aromatic heterocycles. The van der Waals surface area contributed by atoms with Crippen LogP contribution in [-0.4, -0.2) is 32.0 Å². The van der Waals surface area contributed by atoms with Crippen LogP contribution in [0.2, 0.25) is 0 Å². The third-order valence-electron chi connectivity index (χ3n) is 4.44. The zero-order chi connectivity index (χ0) is 17.7. The number of hydrogen-bond acceptors (Lipinski definition) is 3. The molecule has 2 aromatic rings. The van der Waals surface area contributed by atoms with E-state index in [1.54, 1.807) is 34.8 Å². The van der Waals surface area contributed by atoms with E-state index in [-0.39, 0.29) is 0 Å². The fourth-order valence-electron chi connectivity index (χ4n) is 3.03. The lowest BCUT2D eigenvalue weighted by molar-refractivity contribution is 0.424. The van der Waals surface area contributed by atoms with Crippen LogP contribution >= 0.6 is 0 Å². The Hall–Kier alpha value is -1.98. The average molecular weight is 356 g/mol. The van der Waals surface area contributed by atoms with E-state index in [0.717, 1.165) is 36.9 Å². The largest absolute Gasteiger partial charge is 0.256 e. The van der Waals surface area contributed by atoms with Crippen molar-refractivity contribution in [3.05, 3.63) is 59.7 Å². The molecule has 0 bridgehead atoms. The summed E-state index contributed by atoms with van der Waals surface area (Å²) in [5, 5.41) is 0. The van der Waals surface area contributed by atoms with Crippen LogP contribution in [0, 0.1) is 6.92 Å². The molecule has 1 aliphatic rings. The van der Waals surface area contributed by atoms with Crippen molar-refractivity contribution in [2.45, 2.75) is 37.5 Å². The molecule has 132 valence electrons. The van der Waals surface area contributed by atoms with Gasteiger partial charge in [0, 0.05) is 19.3 Å². The third-order valence-corrected chi connectivity index (χ3v) is 6.36. The van der Waals surface area contributed by atoms with E-state index in [2.05, 4.69) is 11.1 Å². The number of sulfonamides is 1. The first-order chi connectivity index (χ1) is 12.1. The minimum atomic E-state index is -3.39. The molecule has 5 heteroatoms. The SMILES string of the molecule is Cc1cccc(C=Nc2ccc(S(=O)(=O)N3CCCCCC3)cc2)c1. The van der Waals surface area contributed by atoms with Crippen LogP contribution < -0.4 is 0 Å². The first kappa shape index (κ1) is 17.8. The number of hydrogen-bond donors (Lipinski definition) is 0. The molecule has 0 saturated carbocycles. The molecule has 0 atom stereocenters. The molecule has 0 amide bonds. The van der Waals surface area contributed by atoms with E-state index in [1.165, 1.54) is 5.56 Å². The number of rotatable bonds is 4. The molecule has 1 aliphatic heterocycles. The summed E-state index contributed by atoms with van der Waals surface area (Å²) in [5.41, 5.74) is 2.96. The minimum Gasteiger partial charge on any atom is -0.256 e. The minimum absolute atomic E-state index is 0.351. The second kappa shape index (κ2) is 7.93. The highest BCUT2D eigenvalue weighted by molar-refractivity contribution is 7.89. The van der Waals surface area contributed by atoms with Gasteiger partial charge in [0.25, 0.3) is 0 Å². The van der Waals surface area contributed by atoms with Crippen molar-refractivity contribution in [1.29, 1.82) is 0 Å². The number of aryl methyl sites for hydroxylation is 1. The molecule has 1 saturated heterocycles. The van der Waals surface area contributed by atoms with E-state index in [4.69, 9.17) is 0 Å². The highest BCUT2D eigenvalue weighted by Gasteiger charge is 2.24. The summed E-state index contributed by atoms with van der Waals surface area (Å²) < 4.78 is 27.1. The fourth-order valence-corrected chi connectivity index (χ4v) is 4.55. The van der Waals surface area contributed by atoms with Gasteiger partial charge >= 0.3 is 0 Å². The van der Waals surface area contributed by atoms with Gasteiger partial charge in [-0.3, -0.25) is 4.99 Å². The van der Waals surface area contributed by atoms with Crippen molar-refractivity contribution in [2.75, 3.05) is 13.1 Å². The van der Waals surface area contributed by atoms with Gasteiger partial charge in [-0.15, -0.1) is 0 Å². The predicted molar refractivity (Wildman–Crippen MR) is 102 cm³/mol. The van der Waals surface area contributed by atoms with Gasteiger partial charge in [-0.2, -0.15) is 4.31 Å². The first-order valence-corrected chi connectivity index (χ1v) is 10.2. The van der Waals surface area contributed by atoms with Crippen molar-refractivity contribution in [1.82, 2.24) is 4.31 Å². The molecule has 1 heterocycles. The summed E-state index contributed by atoms with van der Waals surface area (Å²) in [7, 11) is -3.39. The molecule has 25 heavy (non-hydrogen) atoms. The first-order valence-electron chi connectivity index (χ1n) is 8.77. The van der Waals surface area contributed by atoms with Crippen molar-refractivity contribution < 1.29 is 8.42 Å². The fraction of sp³-hybridized carbons (Fsp3) is 0.350. The van der Waals surface area contributed by atoms with Crippen LogP contribution in [0.25, 0.3) is 0 Å². The van der Waals surface area contributed by atoms with Crippen LogP contribution in [-0.2, 0) is 10.0 Å². The molecule has 0 N–H and O–H groups in total. The van der Waals surface area contributed by atoms with E-state index < -0.39 is 10.0 Å². The Morgan fingerprint density at radius 2 is 1.64 bits per heavy atom. The molecule has 2 aromatic carbocycles. The Morgan fingerprint density at radius 1 is 0.960 bits per heavy atom. The monoisotopic (exact) mass is 356 g/mol. The zero-order valence-corrected chi connectivity index (χ0v) is 15.4. The molecule has 0 aliphatic carbocycles. The number of nitrogens with zero attached hydrogens (tertiary/aromatic N) is 2. The van der Waals surface area contributed by atoms with Crippen LogP contribution in [0.1, 0.15) is 36.8 Å². The predicted octanol–water partition coefficient (Wildman–Crippen LogP) is 4.31. The van der Waals surface area contributed by atoms with Crippen molar-refractivity contribution >= 4 is 21.9 Å². The summed E-state index contributed by atoms with van der Waals surface area (Å²) in [5.74, 6) is 0. The lowest BCUT2D eigenvalue weighted by atomic mass is 10.1. The quantitative estimate of drug-likeness (QED) is 0.767. The Morgan fingerprint density at radius 3 is 2.28 bits per heavy atom. The standard InChI is InChI=1S/C20H24N2O2S/c1-17-7-6-8-18(15-17)16-21-19-9-11-20(12-10-19)25(23,24)22-13-4-2-3-5-14-22/h6-12,15-16H,2-5,13-14H2,1H3. The van der Waals surface area contributed by atoms with Gasteiger partial charge in [0.1, 0.15) is 0 Å². The van der Waals surface area contributed by atoms with E-state index in [1.807, 2.05) is 25.1 Å². The lowest BCUT2D eigenvalue weighted by Gasteiger charge is -2.19. The van der Waals surface area contributed by atoms with E-state index in [9.17, 15) is 8.42 Å². The lowest BCUT2D eigenvalue weighted by Crippen LogP contribution is -2.31. The summed E-state index contributed by atoms with van der Waals surface area (Å²) in [6.07, 6.45) is 5.90. The second-order valence-corrected chi connectivity index (χ2v) is 8.42. The van der Waals surface area contributed by atoms with Gasteiger partial charge in [0.2, 0.25) is 10.0 Å². The van der Waals surface area contributed by atoms with Gasteiger partial charge in [-0.25, -0.2) is 8.42 Å². The second-order valence-electron chi connectivity index (χ2n) is 6.48. The Kier molecular flexibility index (Phi) is 5.66. The van der Waals surface area contributed by atoms with Gasteiger partial charge in [-0.1, -0.05) is 42.7 Å². The Labute approximate surface area is 150 Å². The maximum atomic E-state index is 12.8. The van der Waals surface area contributed by atoms with Crippen molar-refractivity contribution in [3.8, 4) is 0 Å². The van der Waals surface area contributed by atoms with E-state index >= 15 is 0 Å². The van der Waals surface area contributed by atoms with Crippen LogP contribution in [0.15, 0.2) is 58.4 Å². The highest BCUT2D eigenvalue weighted by atomic mass is 32.2. The molecule has 1 fully saturated rings. The van der Waals surface area contributed by atoms with Crippen LogP contribution in [0.4, 0.5) is 5.69 Å². The molecule has 4 nitrogen and oxygen atoms in total. The molecular weight excluding hydrogens is 332 g/mol. The molecule has 0 radical (unpaired) electrons. The summed E-state index contributed by atoms with van der Waals surface area (Å²) in [4.78, 5) is 4.79. The summed E-state index contributed by atoms with van der Waals surface area (Å²) in [6, 6.07) is 14.9. The third kappa shape index (κ3) is 4.55. The van der Waals surface area contributed by atoms with Gasteiger partial charge in [0.05, 0.1) is 10.6 Å². The van der Waals surface area contributed by atoms with Gasteiger partial charge in [0.15, 0.2) is 0 Å². The maximum Gasteiger partial charge on any atom is 0.243 e. The van der Waals surface area contributed by atoms with Gasteiger partial charge < -0.3 is 0 Å². The van der Waals surface area contributed by atoms with Crippen molar-refractivity contribution in [3.63, 3.8) is 0 Å². The maximum absolute atomic E-state index is 12.8. The number of aliphatic imine (C=N–C) groups is 1. The molecule has 0 spiro atoms. The van der Waals surface area contributed by atoms with E-state index in [0.29, 0.717) is 18.0 Å². The normalized spacial score (nSPS) is 16.8.